The summed E-state index contributed by atoms with van der Waals surface area (Å²) in [6.45, 7) is 4.53. The van der Waals surface area contributed by atoms with Crippen molar-refractivity contribution in [2.45, 2.75) is 26.8 Å². The molecule has 0 unspecified atom stereocenters. The van der Waals surface area contributed by atoms with Gasteiger partial charge in [0.05, 0.1) is 12.2 Å². The number of carbonyl (C=O) groups is 1. The first-order valence-electron chi connectivity index (χ1n) is 6.73. The highest BCUT2D eigenvalue weighted by atomic mass is 16.1. The molecule has 0 saturated heterocycles. The molecule has 0 aliphatic heterocycles. The monoisotopic (exact) mass is 269 g/mol. The molecule has 0 fully saturated rings. The molecule has 4 nitrogen and oxygen atoms in total. The molecule has 0 spiro atoms. The molecule has 0 radical (unpaired) electrons. The van der Waals surface area contributed by atoms with Crippen molar-refractivity contribution in [1.29, 1.82) is 0 Å². The molecule has 4 heteroatoms. The smallest absolute Gasteiger partial charge is 0.224 e. The van der Waals surface area contributed by atoms with Gasteiger partial charge in [-0.3, -0.25) is 9.78 Å². The van der Waals surface area contributed by atoms with Crippen LogP contribution in [0.5, 0.6) is 0 Å². The third-order valence-corrected chi connectivity index (χ3v) is 3.03. The summed E-state index contributed by atoms with van der Waals surface area (Å²) in [6.07, 6.45) is 2.26. The van der Waals surface area contributed by atoms with Gasteiger partial charge in [-0.2, -0.15) is 0 Å². The Labute approximate surface area is 119 Å². The van der Waals surface area contributed by atoms with E-state index in [1.807, 2.05) is 50.2 Å². The Balaban J connectivity index is 2.06. The molecule has 1 aromatic carbocycles. The van der Waals surface area contributed by atoms with Gasteiger partial charge in [0.2, 0.25) is 5.91 Å². The first-order valence-corrected chi connectivity index (χ1v) is 6.73. The highest BCUT2D eigenvalue weighted by molar-refractivity contribution is 5.91. The van der Waals surface area contributed by atoms with E-state index in [-0.39, 0.29) is 5.91 Å². The van der Waals surface area contributed by atoms with E-state index in [1.165, 1.54) is 0 Å². The number of aromatic nitrogens is 1. The Hall–Kier alpha value is -2.36. The van der Waals surface area contributed by atoms with Gasteiger partial charge in [0.1, 0.15) is 0 Å². The number of carbonyl (C=O) groups excluding carboxylic acids is 1. The Morgan fingerprint density at radius 2 is 2.10 bits per heavy atom. The fraction of sp³-hybridized carbons (Fsp3) is 0.250. The highest BCUT2D eigenvalue weighted by Crippen LogP contribution is 2.21. The zero-order valence-corrected chi connectivity index (χ0v) is 11.8. The highest BCUT2D eigenvalue weighted by Gasteiger charge is 2.03. The third-order valence-electron chi connectivity index (χ3n) is 3.03. The topological polar surface area (TPSA) is 54.0 Å². The maximum absolute atomic E-state index is 11.4. The van der Waals surface area contributed by atoms with Gasteiger partial charge in [-0.1, -0.05) is 19.1 Å². The van der Waals surface area contributed by atoms with Gasteiger partial charge >= 0.3 is 0 Å². The molecule has 1 aromatic heterocycles. The number of benzene rings is 1. The van der Waals surface area contributed by atoms with E-state index >= 15 is 0 Å². The van der Waals surface area contributed by atoms with Crippen LogP contribution in [-0.4, -0.2) is 10.9 Å². The summed E-state index contributed by atoms with van der Waals surface area (Å²) in [5, 5.41) is 6.21. The lowest BCUT2D eigenvalue weighted by Gasteiger charge is -2.12. The number of nitrogens with zero attached hydrogens (tertiary/aromatic N) is 1. The molecule has 0 aliphatic carbocycles. The molecule has 20 heavy (non-hydrogen) atoms. The molecule has 104 valence electrons. The van der Waals surface area contributed by atoms with Gasteiger partial charge < -0.3 is 10.6 Å². The average molecular weight is 269 g/mol. The molecule has 0 saturated carbocycles. The maximum atomic E-state index is 11.4. The number of rotatable bonds is 5. The van der Waals surface area contributed by atoms with Crippen LogP contribution in [0.15, 0.2) is 42.6 Å². The van der Waals surface area contributed by atoms with Crippen molar-refractivity contribution >= 4 is 17.3 Å². The number of pyridine rings is 1. The van der Waals surface area contributed by atoms with E-state index in [9.17, 15) is 4.79 Å². The van der Waals surface area contributed by atoms with Crippen molar-refractivity contribution in [2.24, 2.45) is 0 Å². The summed E-state index contributed by atoms with van der Waals surface area (Å²) >= 11 is 0. The average Bonchev–Trinajstić information content (AvgIpc) is 2.48. The molecular weight excluding hydrogens is 250 g/mol. The van der Waals surface area contributed by atoms with Crippen molar-refractivity contribution in [2.75, 3.05) is 10.6 Å². The number of anilines is 2. The maximum Gasteiger partial charge on any atom is 0.224 e. The molecule has 0 bridgehead atoms. The predicted molar refractivity (Wildman–Crippen MR) is 81.7 cm³/mol. The molecule has 2 aromatic rings. The summed E-state index contributed by atoms with van der Waals surface area (Å²) < 4.78 is 0. The number of nitrogens with one attached hydrogen (secondary N) is 2. The van der Waals surface area contributed by atoms with Gasteiger partial charge in [-0.25, -0.2) is 0 Å². The second-order valence-electron chi connectivity index (χ2n) is 4.61. The number of hydrogen-bond donors (Lipinski definition) is 2. The Kier molecular flexibility index (Phi) is 4.71. The fourth-order valence-electron chi connectivity index (χ4n) is 1.83. The normalized spacial score (nSPS) is 10.1. The third kappa shape index (κ3) is 3.82. The van der Waals surface area contributed by atoms with E-state index in [1.54, 1.807) is 6.20 Å². The molecule has 1 heterocycles. The summed E-state index contributed by atoms with van der Waals surface area (Å²) in [5.74, 6) is 0.0181. The second-order valence-corrected chi connectivity index (χ2v) is 4.61. The number of hydrogen-bond acceptors (Lipinski definition) is 3. The minimum absolute atomic E-state index is 0.0181. The van der Waals surface area contributed by atoms with Crippen LogP contribution in [0.2, 0.25) is 0 Å². The second kappa shape index (κ2) is 6.70. The van der Waals surface area contributed by atoms with E-state index in [2.05, 4.69) is 15.6 Å². The van der Waals surface area contributed by atoms with Crippen molar-refractivity contribution in [1.82, 2.24) is 4.98 Å². The van der Waals surface area contributed by atoms with E-state index < -0.39 is 0 Å². The van der Waals surface area contributed by atoms with E-state index in [4.69, 9.17) is 0 Å². The van der Waals surface area contributed by atoms with Crippen LogP contribution < -0.4 is 10.6 Å². The van der Waals surface area contributed by atoms with Gasteiger partial charge in [0, 0.05) is 24.0 Å². The number of amides is 1. The largest absolute Gasteiger partial charge is 0.379 e. The summed E-state index contributed by atoms with van der Waals surface area (Å²) in [6, 6.07) is 11.7. The van der Waals surface area contributed by atoms with E-state index in [0.29, 0.717) is 13.0 Å². The van der Waals surface area contributed by atoms with Gasteiger partial charge in [0.25, 0.3) is 0 Å². The summed E-state index contributed by atoms with van der Waals surface area (Å²) in [5.41, 5.74) is 3.93. The minimum Gasteiger partial charge on any atom is -0.379 e. The lowest BCUT2D eigenvalue weighted by Crippen LogP contribution is -2.10. The predicted octanol–water partition coefficient (Wildman–Crippen LogP) is 3.35. The molecular formula is C16H19N3O. The van der Waals surface area contributed by atoms with E-state index in [0.717, 1.165) is 22.6 Å². The zero-order valence-electron chi connectivity index (χ0n) is 11.8. The molecule has 1 amide bonds. The standard InChI is InChI=1S/C16H19N3O/c1-3-16(20)19-13-8-7-12(2)15(10-13)18-11-14-6-4-5-9-17-14/h4-10,18H,3,11H2,1-2H3,(H,19,20). The van der Waals surface area contributed by atoms with Gasteiger partial charge in [-0.05, 0) is 36.8 Å². The minimum atomic E-state index is 0.0181. The van der Waals surface area contributed by atoms with Crippen LogP contribution >= 0.6 is 0 Å². The fourth-order valence-corrected chi connectivity index (χ4v) is 1.83. The quantitative estimate of drug-likeness (QED) is 0.875. The van der Waals surface area contributed by atoms with Crippen LogP contribution in [0.25, 0.3) is 0 Å². The lowest BCUT2D eigenvalue weighted by molar-refractivity contribution is -0.115. The SMILES string of the molecule is CCC(=O)Nc1ccc(C)c(NCc2ccccn2)c1. The molecule has 2 rings (SSSR count). The van der Waals surface area contributed by atoms with Crippen LogP contribution in [0.3, 0.4) is 0 Å². The zero-order chi connectivity index (χ0) is 14.4. The lowest BCUT2D eigenvalue weighted by atomic mass is 10.1. The van der Waals surface area contributed by atoms with Crippen LogP contribution in [-0.2, 0) is 11.3 Å². The first-order chi connectivity index (χ1) is 9.69. The van der Waals surface area contributed by atoms with Crippen molar-refractivity contribution in [3.63, 3.8) is 0 Å². The summed E-state index contributed by atoms with van der Waals surface area (Å²) in [7, 11) is 0. The van der Waals surface area contributed by atoms with Gasteiger partial charge in [-0.15, -0.1) is 0 Å². The van der Waals surface area contributed by atoms with Crippen LogP contribution in [0.1, 0.15) is 24.6 Å². The van der Waals surface area contributed by atoms with Crippen LogP contribution in [0, 0.1) is 6.92 Å². The van der Waals surface area contributed by atoms with Crippen molar-refractivity contribution < 1.29 is 4.79 Å². The van der Waals surface area contributed by atoms with Crippen molar-refractivity contribution in [3.05, 3.63) is 53.9 Å². The Morgan fingerprint density at radius 3 is 2.80 bits per heavy atom. The van der Waals surface area contributed by atoms with Gasteiger partial charge in [0.15, 0.2) is 0 Å². The number of aryl methyl sites for hydroxylation is 1. The van der Waals surface area contributed by atoms with Crippen molar-refractivity contribution in [3.8, 4) is 0 Å². The summed E-state index contributed by atoms with van der Waals surface area (Å²) in [4.78, 5) is 15.7. The Morgan fingerprint density at radius 1 is 1.25 bits per heavy atom. The first kappa shape index (κ1) is 14.1. The molecule has 0 atom stereocenters. The Bertz CT molecular complexity index is 582. The molecule has 2 N–H and O–H groups in total. The van der Waals surface area contributed by atoms with Crippen LogP contribution in [0.4, 0.5) is 11.4 Å². The molecule has 0 aliphatic rings.